The van der Waals surface area contributed by atoms with Crippen LogP contribution in [0.2, 0.25) is 0 Å². The third-order valence-electron chi connectivity index (χ3n) is 5.26. The van der Waals surface area contributed by atoms with E-state index in [0.29, 0.717) is 0 Å². The zero-order valence-corrected chi connectivity index (χ0v) is 17.0. The largest absolute Gasteiger partial charge is 0.496 e. The molecule has 0 radical (unpaired) electrons. The number of hydrogen-bond donors (Lipinski definition) is 1. The first-order chi connectivity index (χ1) is 14.3. The van der Waals surface area contributed by atoms with Crippen LogP contribution in [0.5, 0.6) is 5.75 Å². The number of nitrogens with one attached hydrogen (secondary N) is 1. The third kappa shape index (κ3) is 3.45. The number of methoxy groups -OCH3 is 1. The van der Waals surface area contributed by atoms with Gasteiger partial charge in [0.1, 0.15) is 5.75 Å². The minimum atomic E-state index is 0.865. The fraction of sp³-hybridized carbons (Fsp3) is 0.0769. The maximum absolute atomic E-state index is 5.50. The van der Waals surface area contributed by atoms with Crippen molar-refractivity contribution in [3.05, 3.63) is 96.1 Å². The fourth-order valence-corrected chi connectivity index (χ4v) is 4.78. The van der Waals surface area contributed by atoms with Gasteiger partial charge in [-0.3, -0.25) is 0 Å². The number of hydrogen-bond acceptors (Lipinski definition) is 3. The molecule has 0 fully saturated rings. The lowest BCUT2D eigenvalue weighted by molar-refractivity contribution is 0.416. The molecule has 0 spiro atoms. The van der Waals surface area contributed by atoms with Crippen LogP contribution in [0.15, 0.2) is 84.9 Å². The molecule has 1 aliphatic rings. The first-order valence-corrected chi connectivity index (χ1v) is 10.5. The maximum Gasteiger partial charge on any atom is 0.126 e. The average molecular weight is 396 g/mol. The van der Waals surface area contributed by atoms with E-state index in [1.165, 1.54) is 32.1 Å². The van der Waals surface area contributed by atoms with Gasteiger partial charge in [0.2, 0.25) is 0 Å². The molecule has 0 saturated carbocycles. The van der Waals surface area contributed by atoms with Gasteiger partial charge in [-0.15, -0.1) is 11.3 Å². The Morgan fingerprint density at radius 3 is 2.31 bits per heavy atom. The van der Waals surface area contributed by atoms with Crippen LogP contribution in [-0.2, 0) is 0 Å². The van der Waals surface area contributed by atoms with E-state index in [1.807, 2.05) is 29.5 Å². The van der Waals surface area contributed by atoms with E-state index in [0.717, 1.165) is 23.4 Å². The van der Waals surface area contributed by atoms with E-state index in [1.54, 1.807) is 7.11 Å². The van der Waals surface area contributed by atoms with Crippen LogP contribution in [0.25, 0.3) is 33.2 Å². The lowest BCUT2D eigenvalue weighted by Gasteiger charge is -2.15. The number of rotatable bonds is 4. The molecule has 5 rings (SSSR count). The lowest BCUT2D eigenvalue weighted by atomic mass is 10.0. The van der Waals surface area contributed by atoms with Gasteiger partial charge in [-0.25, -0.2) is 0 Å². The summed E-state index contributed by atoms with van der Waals surface area (Å²) in [5.41, 5.74) is 7.39. The molecule has 29 heavy (non-hydrogen) atoms. The highest BCUT2D eigenvalue weighted by Gasteiger charge is 2.15. The van der Waals surface area contributed by atoms with Gasteiger partial charge in [0.15, 0.2) is 0 Å². The Balaban J connectivity index is 1.45. The van der Waals surface area contributed by atoms with Crippen LogP contribution in [0.1, 0.15) is 11.1 Å². The summed E-state index contributed by atoms with van der Waals surface area (Å²) in [5, 5.41) is 4.83. The second kappa shape index (κ2) is 7.61. The van der Waals surface area contributed by atoms with Crippen LogP contribution in [-0.4, -0.2) is 13.7 Å². The zero-order valence-electron chi connectivity index (χ0n) is 16.2. The predicted molar refractivity (Wildman–Crippen MR) is 125 cm³/mol. The molecule has 4 aromatic rings. The number of anilines is 1. The molecule has 0 saturated heterocycles. The smallest absolute Gasteiger partial charge is 0.126 e. The second-order valence-corrected chi connectivity index (χ2v) is 8.11. The summed E-state index contributed by atoms with van der Waals surface area (Å²) in [7, 11) is 1.72. The predicted octanol–water partition coefficient (Wildman–Crippen LogP) is 7.06. The summed E-state index contributed by atoms with van der Waals surface area (Å²) < 4.78 is 5.50. The summed E-state index contributed by atoms with van der Waals surface area (Å²) in [4.78, 5) is 1.28. The molecular formula is C26H21NOS. The van der Waals surface area contributed by atoms with Gasteiger partial charge in [-0.2, -0.15) is 0 Å². The molecule has 1 aromatic heterocycles. The molecule has 0 atom stereocenters. The average Bonchev–Trinajstić information content (AvgIpc) is 3.23. The second-order valence-electron chi connectivity index (χ2n) is 7.06. The number of thiophene rings is 1. The Bertz CT molecular complexity index is 1170. The molecule has 0 unspecified atom stereocenters. The number of para-hydroxylation sites is 1. The standard InChI is InChI=1S/C26H21NOS/c1-28-24-10-6-5-9-23(24)19-11-13-20(14-12-19)25-16-21-15-22(17-27-26(21)29-25)18-7-3-2-4-8-18/h2-16,27H,17H2,1H3. The van der Waals surface area contributed by atoms with Crippen LogP contribution in [0, 0.1) is 0 Å². The Morgan fingerprint density at radius 2 is 1.52 bits per heavy atom. The molecule has 142 valence electrons. The van der Waals surface area contributed by atoms with Gasteiger partial charge in [-0.1, -0.05) is 72.8 Å². The Hall–Kier alpha value is -3.30. The highest BCUT2D eigenvalue weighted by molar-refractivity contribution is 7.19. The molecule has 0 amide bonds. The van der Waals surface area contributed by atoms with Crippen LogP contribution in [0.3, 0.4) is 0 Å². The summed E-state index contributed by atoms with van der Waals surface area (Å²) in [6.07, 6.45) is 2.31. The highest BCUT2D eigenvalue weighted by Crippen LogP contribution is 2.40. The van der Waals surface area contributed by atoms with Crippen molar-refractivity contribution in [3.8, 4) is 27.3 Å². The van der Waals surface area contributed by atoms with E-state index in [9.17, 15) is 0 Å². The Morgan fingerprint density at radius 1 is 0.793 bits per heavy atom. The molecule has 0 bridgehead atoms. The minimum absolute atomic E-state index is 0.865. The molecule has 1 aliphatic heterocycles. The number of benzene rings is 3. The van der Waals surface area contributed by atoms with Crippen LogP contribution >= 0.6 is 11.3 Å². The zero-order chi connectivity index (χ0) is 19.6. The number of fused-ring (bicyclic) bond motifs is 1. The van der Waals surface area contributed by atoms with E-state index < -0.39 is 0 Å². The third-order valence-corrected chi connectivity index (χ3v) is 6.42. The normalized spacial score (nSPS) is 12.7. The van der Waals surface area contributed by atoms with Crippen molar-refractivity contribution in [2.24, 2.45) is 0 Å². The van der Waals surface area contributed by atoms with Crippen molar-refractivity contribution in [3.63, 3.8) is 0 Å². The van der Waals surface area contributed by atoms with E-state index >= 15 is 0 Å². The minimum Gasteiger partial charge on any atom is -0.496 e. The van der Waals surface area contributed by atoms with Gasteiger partial charge < -0.3 is 10.1 Å². The first kappa shape index (κ1) is 17.8. The summed E-state index contributed by atoms with van der Waals surface area (Å²) in [6.45, 7) is 0.865. The van der Waals surface area contributed by atoms with E-state index in [2.05, 4.69) is 78.1 Å². The summed E-state index contributed by atoms with van der Waals surface area (Å²) in [6, 6.07) is 29.7. The van der Waals surface area contributed by atoms with Crippen molar-refractivity contribution in [2.45, 2.75) is 0 Å². The van der Waals surface area contributed by atoms with Crippen molar-refractivity contribution >= 4 is 28.0 Å². The Labute approximate surface area is 175 Å². The highest BCUT2D eigenvalue weighted by atomic mass is 32.1. The van der Waals surface area contributed by atoms with Crippen LogP contribution < -0.4 is 10.1 Å². The topological polar surface area (TPSA) is 21.3 Å². The monoisotopic (exact) mass is 395 g/mol. The fourth-order valence-electron chi connectivity index (χ4n) is 3.74. The van der Waals surface area contributed by atoms with Crippen molar-refractivity contribution in [2.75, 3.05) is 19.0 Å². The lowest BCUT2D eigenvalue weighted by Crippen LogP contribution is -2.07. The molecule has 0 aliphatic carbocycles. The van der Waals surface area contributed by atoms with Gasteiger partial charge in [-0.05, 0) is 40.5 Å². The van der Waals surface area contributed by atoms with Gasteiger partial charge in [0.05, 0.1) is 12.1 Å². The molecule has 2 nitrogen and oxygen atoms in total. The van der Waals surface area contributed by atoms with E-state index in [-0.39, 0.29) is 0 Å². The quantitative estimate of drug-likeness (QED) is 0.399. The summed E-state index contributed by atoms with van der Waals surface area (Å²) in [5.74, 6) is 0.898. The van der Waals surface area contributed by atoms with Crippen LogP contribution in [0.4, 0.5) is 5.00 Å². The molecule has 3 aromatic carbocycles. The van der Waals surface area contributed by atoms with Gasteiger partial charge in [0.25, 0.3) is 0 Å². The number of ether oxygens (including phenoxy) is 1. The first-order valence-electron chi connectivity index (χ1n) is 9.69. The van der Waals surface area contributed by atoms with Crippen molar-refractivity contribution in [1.82, 2.24) is 0 Å². The SMILES string of the molecule is COc1ccccc1-c1ccc(-c2cc3c(s2)NCC(c2ccccc2)=C3)cc1. The summed E-state index contributed by atoms with van der Waals surface area (Å²) >= 11 is 1.81. The van der Waals surface area contributed by atoms with E-state index in [4.69, 9.17) is 4.74 Å². The molecule has 3 heteroatoms. The van der Waals surface area contributed by atoms with Crippen molar-refractivity contribution < 1.29 is 4.74 Å². The molecular weight excluding hydrogens is 374 g/mol. The molecule has 2 heterocycles. The Kier molecular flexibility index (Phi) is 4.66. The maximum atomic E-state index is 5.50. The van der Waals surface area contributed by atoms with Crippen molar-refractivity contribution in [1.29, 1.82) is 0 Å². The van der Waals surface area contributed by atoms with Gasteiger partial charge >= 0.3 is 0 Å². The van der Waals surface area contributed by atoms with Gasteiger partial charge in [0, 0.05) is 22.5 Å². The molecule has 1 N–H and O–H groups in total.